The van der Waals surface area contributed by atoms with E-state index < -0.39 is 41.9 Å². The summed E-state index contributed by atoms with van der Waals surface area (Å²) in [7, 11) is 0. The Bertz CT molecular complexity index is 1790. The number of carbonyl (C=O) groups excluding carboxylic acids is 3. The minimum atomic E-state index is -4.86. The number of hydrogen-bond acceptors (Lipinski definition) is 7. The highest BCUT2D eigenvalue weighted by atomic mass is 19.4. The summed E-state index contributed by atoms with van der Waals surface area (Å²) in [5.41, 5.74) is 1.64. The van der Waals surface area contributed by atoms with Crippen LogP contribution >= 0.6 is 0 Å². The number of alkyl halides is 3. The molecule has 13 heteroatoms. The van der Waals surface area contributed by atoms with Crippen LogP contribution in [-0.2, 0) is 22.4 Å². The van der Waals surface area contributed by atoms with Crippen LogP contribution in [0, 0.1) is 0 Å². The molecule has 0 bridgehead atoms. The van der Waals surface area contributed by atoms with Gasteiger partial charge >= 0.3 is 18.3 Å². The van der Waals surface area contributed by atoms with Gasteiger partial charge in [-0.15, -0.1) is 13.2 Å². The van der Waals surface area contributed by atoms with Gasteiger partial charge in [0.1, 0.15) is 23.3 Å². The Morgan fingerprint density at radius 2 is 1.40 bits per heavy atom. The zero-order chi connectivity index (χ0) is 37.5. The molecule has 0 saturated heterocycles. The Balaban J connectivity index is 1.24. The Kier molecular flexibility index (Phi) is 14.2. The molecule has 0 heterocycles. The molecule has 0 unspecified atom stereocenters. The van der Waals surface area contributed by atoms with Crippen molar-refractivity contribution < 1.29 is 51.7 Å². The fraction of sp³-hybridized carbons (Fsp3) is 0.282. The van der Waals surface area contributed by atoms with Crippen molar-refractivity contribution in [1.82, 2.24) is 5.32 Å². The van der Waals surface area contributed by atoms with Gasteiger partial charge < -0.3 is 30.0 Å². The average molecular weight is 721 g/mol. The number of unbranched alkanes of at least 4 members (excludes halogenated alkanes) is 4. The van der Waals surface area contributed by atoms with Gasteiger partial charge in [-0.25, -0.2) is 9.59 Å². The third kappa shape index (κ3) is 13.1. The van der Waals surface area contributed by atoms with Gasteiger partial charge in [-0.3, -0.25) is 9.59 Å². The summed E-state index contributed by atoms with van der Waals surface area (Å²) < 4.78 is 52.5. The highest BCUT2D eigenvalue weighted by Crippen LogP contribution is 2.24. The number of carboxylic acids is 1. The molecule has 0 aliphatic rings. The van der Waals surface area contributed by atoms with Crippen LogP contribution in [0.4, 0.5) is 18.9 Å². The lowest BCUT2D eigenvalue weighted by molar-refractivity contribution is -0.274. The van der Waals surface area contributed by atoms with Crippen LogP contribution in [0.3, 0.4) is 0 Å². The second-order valence-corrected chi connectivity index (χ2v) is 11.9. The molecule has 0 saturated carbocycles. The molecular weight excluding hydrogens is 681 g/mol. The molecule has 0 aliphatic carbocycles. The largest absolute Gasteiger partial charge is 0.573 e. The number of hydrogen-bond donors (Lipinski definition) is 3. The molecule has 4 aromatic carbocycles. The molecule has 10 nitrogen and oxygen atoms in total. The predicted molar refractivity (Wildman–Crippen MR) is 187 cm³/mol. The first-order valence-electron chi connectivity index (χ1n) is 16.7. The van der Waals surface area contributed by atoms with Gasteiger partial charge in [-0.1, -0.05) is 56.9 Å². The van der Waals surface area contributed by atoms with Crippen molar-refractivity contribution in [3.05, 3.63) is 119 Å². The van der Waals surface area contributed by atoms with E-state index in [1.165, 1.54) is 67.8 Å². The zero-order valence-corrected chi connectivity index (χ0v) is 28.4. The maximum absolute atomic E-state index is 12.9. The van der Waals surface area contributed by atoms with Gasteiger partial charge in [-0.2, -0.15) is 0 Å². The minimum Gasteiger partial charge on any atom is -0.494 e. The fourth-order valence-electron chi connectivity index (χ4n) is 5.07. The number of aliphatic carboxylic acids is 1. The van der Waals surface area contributed by atoms with Gasteiger partial charge in [0.15, 0.2) is 0 Å². The lowest BCUT2D eigenvalue weighted by Crippen LogP contribution is -2.42. The maximum Gasteiger partial charge on any atom is 0.573 e. The summed E-state index contributed by atoms with van der Waals surface area (Å²) in [6.07, 6.45) is 0.513. The van der Waals surface area contributed by atoms with Crippen molar-refractivity contribution in [3.8, 4) is 17.2 Å². The fourth-order valence-corrected chi connectivity index (χ4v) is 5.07. The second-order valence-electron chi connectivity index (χ2n) is 11.9. The van der Waals surface area contributed by atoms with Crippen molar-refractivity contribution in [2.24, 2.45) is 0 Å². The van der Waals surface area contributed by atoms with E-state index >= 15 is 0 Å². The van der Waals surface area contributed by atoms with E-state index in [4.69, 9.17) is 9.47 Å². The average Bonchev–Trinajstić information content (AvgIpc) is 3.10. The van der Waals surface area contributed by atoms with Crippen molar-refractivity contribution in [2.75, 3.05) is 11.9 Å². The van der Waals surface area contributed by atoms with Crippen LogP contribution in [0.5, 0.6) is 17.2 Å². The third-order valence-corrected chi connectivity index (χ3v) is 7.71. The normalized spacial score (nSPS) is 11.6. The monoisotopic (exact) mass is 720 g/mol. The van der Waals surface area contributed by atoms with Gasteiger partial charge in [-0.05, 0) is 90.3 Å². The van der Waals surface area contributed by atoms with E-state index in [2.05, 4.69) is 22.3 Å². The van der Waals surface area contributed by atoms with Crippen molar-refractivity contribution >= 4 is 29.4 Å². The first kappa shape index (κ1) is 38.9. The number of carboxylic acid groups (broad SMARTS) is 1. The molecule has 52 heavy (non-hydrogen) atoms. The van der Waals surface area contributed by atoms with Gasteiger partial charge in [0.25, 0.3) is 5.91 Å². The Morgan fingerprint density at radius 3 is 2.06 bits per heavy atom. The van der Waals surface area contributed by atoms with E-state index in [1.807, 2.05) is 0 Å². The third-order valence-electron chi connectivity index (χ3n) is 7.71. The quantitative estimate of drug-likeness (QED) is 0.0539. The Hall–Kier alpha value is -5.85. The summed E-state index contributed by atoms with van der Waals surface area (Å²) in [6, 6.07) is 22.3. The van der Waals surface area contributed by atoms with Crippen LogP contribution < -0.4 is 24.8 Å². The summed E-state index contributed by atoms with van der Waals surface area (Å²) in [6.45, 7) is 2.78. The molecule has 0 aromatic heterocycles. The first-order valence-corrected chi connectivity index (χ1v) is 16.7. The SMILES string of the molecule is CCCCCCCOc1ccc(C(=O)Oc2ccc(C[C@H](NC(=O)c3ccc(NC(=O)Cc4cccc(OC(F)(F)F)c4)cc3)C(=O)O)cc2)cc1. The molecule has 0 fully saturated rings. The topological polar surface area (TPSA) is 140 Å². The van der Waals surface area contributed by atoms with Crippen LogP contribution in [-0.4, -0.2) is 47.9 Å². The second kappa shape index (κ2) is 18.9. The van der Waals surface area contributed by atoms with E-state index in [0.717, 1.165) is 25.0 Å². The minimum absolute atomic E-state index is 0.0568. The number of ether oxygens (including phenoxy) is 3. The van der Waals surface area contributed by atoms with Crippen molar-refractivity contribution in [3.63, 3.8) is 0 Å². The molecule has 4 rings (SSSR count). The van der Waals surface area contributed by atoms with Gasteiger partial charge in [0, 0.05) is 17.7 Å². The molecular formula is C39H39F3N2O8. The van der Waals surface area contributed by atoms with E-state index in [9.17, 15) is 37.5 Å². The Morgan fingerprint density at radius 1 is 0.750 bits per heavy atom. The molecule has 4 aromatic rings. The summed E-state index contributed by atoms with van der Waals surface area (Å²) in [5.74, 6) is -2.53. The lowest BCUT2D eigenvalue weighted by Gasteiger charge is -2.15. The number of nitrogens with one attached hydrogen (secondary N) is 2. The summed E-state index contributed by atoms with van der Waals surface area (Å²) in [5, 5.41) is 14.8. The van der Waals surface area contributed by atoms with E-state index in [1.54, 1.807) is 36.4 Å². The van der Waals surface area contributed by atoms with Crippen LogP contribution in [0.15, 0.2) is 97.1 Å². The zero-order valence-electron chi connectivity index (χ0n) is 28.4. The van der Waals surface area contributed by atoms with Crippen LogP contribution in [0.25, 0.3) is 0 Å². The standard InChI is InChI=1S/C39H39F3N2O8/c1-2-3-4-5-6-22-50-31-20-14-29(15-21-31)38(49)51-32-18-10-26(11-19-32)24-34(37(47)48)44-36(46)28-12-16-30(17-13-28)43-35(45)25-27-8-7-9-33(23-27)52-39(40,41)42/h7-21,23,34H,2-6,22,24-25H2,1H3,(H,43,45)(H,44,46)(H,47,48)/t34-/m0/s1. The molecule has 0 spiro atoms. The number of benzene rings is 4. The number of rotatable bonds is 18. The number of esters is 1. The van der Waals surface area contributed by atoms with Crippen LogP contribution in [0.2, 0.25) is 0 Å². The Labute approximate surface area is 298 Å². The molecule has 3 N–H and O–H groups in total. The number of amides is 2. The van der Waals surface area contributed by atoms with Crippen molar-refractivity contribution in [1.29, 1.82) is 0 Å². The first-order chi connectivity index (χ1) is 24.9. The lowest BCUT2D eigenvalue weighted by atomic mass is 10.0. The molecule has 0 radical (unpaired) electrons. The number of halogens is 3. The van der Waals surface area contributed by atoms with E-state index in [-0.39, 0.29) is 24.2 Å². The maximum atomic E-state index is 12.9. The summed E-state index contributed by atoms with van der Waals surface area (Å²) in [4.78, 5) is 50.0. The highest BCUT2D eigenvalue weighted by molar-refractivity contribution is 5.98. The van der Waals surface area contributed by atoms with Crippen molar-refractivity contribution in [2.45, 2.75) is 64.3 Å². The molecule has 2 amide bonds. The molecule has 1 atom stereocenters. The predicted octanol–water partition coefficient (Wildman–Crippen LogP) is 7.76. The summed E-state index contributed by atoms with van der Waals surface area (Å²) >= 11 is 0. The number of anilines is 1. The van der Waals surface area contributed by atoms with Gasteiger partial charge in [0.2, 0.25) is 5.91 Å². The highest BCUT2D eigenvalue weighted by Gasteiger charge is 2.31. The van der Waals surface area contributed by atoms with Crippen LogP contribution in [0.1, 0.15) is 70.9 Å². The molecule has 0 aliphatic heterocycles. The molecule has 274 valence electrons. The number of carbonyl (C=O) groups is 4. The smallest absolute Gasteiger partial charge is 0.494 e. The van der Waals surface area contributed by atoms with Gasteiger partial charge in [0.05, 0.1) is 18.6 Å². The van der Waals surface area contributed by atoms with E-state index in [0.29, 0.717) is 34.7 Å².